The van der Waals surface area contributed by atoms with Crippen LogP contribution in [-0.4, -0.2) is 52.6 Å². The molecule has 4 unspecified atom stereocenters. The molecule has 0 saturated heterocycles. The van der Waals surface area contributed by atoms with Crippen molar-refractivity contribution in [3.8, 4) is 0 Å². The summed E-state index contributed by atoms with van der Waals surface area (Å²) in [6, 6.07) is 21.7. The first-order valence-electron chi connectivity index (χ1n) is 13.1. The Bertz CT molecular complexity index is 1350. The summed E-state index contributed by atoms with van der Waals surface area (Å²) < 4.78 is 13.0. The fraction of sp³-hybridized carbons (Fsp3) is 0.355. The lowest BCUT2D eigenvalue weighted by atomic mass is 9.49. The summed E-state index contributed by atoms with van der Waals surface area (Å²) in [6.07, 6.45) is -1.75. The Kier molecular flexibility index (Phi) is 7.07. The van der Waals surface area contributed by atoms with Gasteiger partial charge in [-0.15, -0.1) is 0 Å². The Morgan fingerprint density at radius 1 is 0.769 bits per heavy atom. The molecule has 3 aromatic rings. The summed E-state index contributed by atoms with van der Waals surface area (Å²) in [7, 11) is 0. The Morgan fingerprint density at radius 2 is 1.18 bits per heavy atom. The van der Waals surface area contributed by atoms with E-state index in [1.807, 2.05) is 43.3 Å². The van der Waals surface area contributed by atoms with E-state index in [0.717, 1.165) is 5.56 Å². The average Bonchev–Trinajstić information content (AvgIpc) is 2.91. The lowest BCUT2D eigenvalue weighted by Crippen LogP contribution is -2.67. The number of aliphatic carboxylic acids is 1. The average molecular weight is 532 g/mol. The zero-order valence-electron chi connectivity index (χ0n) is 22.1. The first-order chi connectivity index (χ1) is 18.6. The number of carboxylic acids is 1. The van der Waals surface area contributed by atoms with Crippen molar-refractivity contribution in [2.24, 2.45) is 11.8 Å². The molecule has 0 heterocycles. The molecule has 0 aliphatic heterocycles. The molecule has 39 heavy (non-hydrogen) atoms. The van der Waals surface area contributed by atoms with Crippen LogP contribution in [0.2, 0.25) is 0 Å². The molecule has 3 aromatic carbocycles. The summed E-state index contributed by atoms with van der Waals surface area (Å²) in [4.78, 5) is 27.7. The quantitative estimate of drug-likeness (QED) is 0.333. The van der Waals surface area contributed by atoms with Crippen LogP contribution in [0.5, 0.6) is 0 Å². The number of hydrogen-bond acceptors (Lipinski definition) is 6. The van der Waals surface area contributed by atoms with E-state index in [0.29, 0.717) is 27.9 Å². The minimum Gasteiger partial charge on any atom is -0.481 e. The first-order valence-corrected chi connectivity index (χ1v) is 13.1. The van der Waals surface area contributed by atoms with E-state index in [2.05, 4.69) is 5.32 Å². The maximum Gasteiger partial charge on any atom is 0.311 e. The third-order valence-electron chi connectivity index (χ3n) is 7.72. The van der Waals surface area contributed by atoms with Crippen LogP contribution >= 0.6 is 0 Å². The number of aryl methyl sites for hydroxylation is 1. The molecule has 204 valence electrons. The van der Waals surface area contributed by atoms with E-state index in [-0.39, 0.29) is 13.2 Å². The summed E-state index contributed by atoms with van der Waals surface area (Å²) in [6.45, 7) is 4.71. The molecule has 6 rings (SSSR count). The third-order valence-corrected chi connectivity index (χ3v) is 7.72. The van der Waals surface area contributed by atoms with Gasteiger partial charge in [0.1, 0.15) is 17.1 Å². The predicted molar refractivity (Wildman–Crippen MR) is 144 cm³/mol. The molecule has 3 aliphatic carbocycles. The monoisotopic (exact) mass is 531 g/mol. The van der Waals surface area contributed by atoms with Crippen LogP contribution in [0.3, 0.4) is 0 Å². The zero-order valence-corrected chi connectivity index (χ0v) is 22.1. The van der Waals surface area contributed by atoms with E-state index >= 15 is 0 Å². The summed E-state index contributed by atoms with van der Waals surface area (Å²) in [5, 5.41) is 34.3. The fourth-order valence-electron chi connectivity index (χ4n) is 6.26. The molecule has 0 fully saturated rings. The smallest absolute Gasteiger partial charge is 0.311 e. The van der Waals surface area contributed by atoms with Crippen molar-refractivity contribution in [3.05, 3.63) is 101 Å². The Labute approximate surface area is 227 Å². The molecule has 4 atom stereocenters. The number of anilines is 1. The number of amides is 1. The summed E-state index contributed by atoms with van der Waals surface area (Å²) in [5.74, 6) is -4.48. The topological polar surface area (TPSA) is 125 Å². The van der Waals surface area contributed by atoms with Gasteiger partial charge in [0.15, 0.2) is 0 Å². The van der Waals surface area contributed by atoms with Crippen molar-refractivity contribution in [2.75, 3.05) is 18.5 Å². The van der Waals surface area contributed by atoms with Crippen LogP contribution in [0.1, 0.15) is 41.7 Å². The maximum atomic E-state index is 14.4. The lowest BCUT2D eigenvalue weighted by Gasteiger charge is -2.60. The molecule has 0 saturated carbocycles. The van der Waals surface area contributed by atoms with Gasteiger partial charge < -0.3 is 30.1 Å². The standard InChI is InChI=1S/C31H33NO7/c1-18-10-4-9-15-25(18)32-28(35)26-27(29(36)37)31(39-17-20(3)34)23-13-7-5-11-21(23)30(26,38-16-19(2)33)22-12-6-8-14-24(22)31/h4-15,19-20,26-27,33-34H,16-17H2,1-3H3,(H,32,35)(H,36,37). The van der Waals surface area contributed by atoms with Gasteiger partial charge in [-0.3, -0.25) is 9.59 Å². The maximum absolute atomic E-state index is 14.4. The SMILES string of the molecule is Cc1ccccc1NC(=O)C1C(C(=O)O)C2(OCC(C)O)c3ccccc3C1(OCC(C)O)c1ccccc12. The second-order valence-corrected chi connectivity index (χ2v) is 10.5. The van der Waals surface area contributed by atoms with Crippen LogP contribution in [0.25, 0.3) is 0 Å². The Hall–Kier alpha value is -3.56. The highest BCUT2D eigenvalue weighted by Crippen LogP contribution is 2.65. The van der Waals surface area contributed by atoms with Crippen molar-refractivity contribution in [3.63, 3.8) is 0 Å². The van der Waals surface area contributed by atoms with E-state index in [4.69, 9.17) is 9.47 Å². The number of nitrogens with one attached hydrogen (secondary N) is 1. The summed E-state index contributed by atoms with van der Waals surface area (Å²) in [5.41, 5.74) is 0.562. The number of carbonyl (C=O) groups is 2. The second kappa shape index (κ2) is 10.2. The van der Waals surface area contributed by atoms with Crippen LogP contribution in [0.4, 0.5) is 5.69 Å². The van der Waals surface area contributed by atoms with Crippen molar-refractivity contribution >= 4 is 17.6 Å². The van der Waals surface area contributed by atoms with Crippen LogP contribution in [-0.2, 0) is 30.3 Å². The van der Waals surface area contributed by atoms with Gasteiger partial charge in [-0.2, -0.15) is 0 Å². The molecule has 2 bridgehead atoms. The number of aliphatic hydroxyl groups is 2. The number of rotatable bonds is 9. The highest BCUT2D eigenvalue weighted by Gasteiger charge is 2.71. The van der Waals surface area contributed by atoms with Crippen LogP contribution < -0.4 is 5.32 Å². The van der Waals surface area contributed by atoms with Gasteiger partial charge in [-0.05, 0) is 54.7 Å². The lowest BCUT2D eigenvalue weighted by molar-refractivity contribution is -0.203. The minimum absolute atomic E-state index is 0.134. The molecule has 3 aliphatic rings. The van der Waals surface area contributed by atoms with Crippen molar-refractivity contribution < 1.29 is 34.4 Å². The van der Waals surface area contributed by atoms with Gasteiger partial charge in [0, 0.05) is 5.69 Å². The van der Waals surface area contributed by atoms with Crippen LogP contribution in [0.15, 0.2) is 72.8 Å². The van der Waals surface area contributed by atoms with Gasteiger partial charge in [0.25, 0.3) is 0 Å². The molecule has 0 spiro atoms. The Morgan fingerprint density at radius 3 is 1.59 bits per heavy atom. The summed E-state index contributed by atoms with van der Waals surface area (Å²) >= 11 is 0. The molecule has 1 amide bonds. The number of hydrogen-bond donors (Lipinski definition) is 4. The van der Waals surface area contributed by atoms with Gasteiger partial charge in [0.2, 0.25) is 5.91 Å². The van der Waals surface area contributed by atoms with Crippen LogP contribution in [0, 0.1) is 18.8 Å². The molecular weight excluding hydrogens is 498 g/mol. The number of carbonyl (C=O) groups excluding carboxylic acids is 1. The highest BCUT2D eigenvalue weighted by atomic mass is 16.5. The molecule has 0 radical (unpaired) electrons. The first kappa shape index (κ1) is 27.0. The van der Waals surface area contributed by atoms with E-state index in [1.165, 1.54) is 0 Å². The number of aliphatic hydroxyl groups excluding tert-OH is 2. The highest BCUT2D eigenvalue weighted by molar-refractivity contribution is 5.99. The second-order valence-electron chi connectivity index (χ2n) is 10.5. The predicted octanol–water partition coefficient (Wildman–Crippen LogP) is 3.56. The number of fused-ring (bicyclic) bond motifs is 1. The molecular formula is C31H33NO7. The van der Waals surface area contributed by atoms with Gasteiger partial charge in [-0.1, -0.05) is 66.7 Å². The van der Waals surface area contributed by atoms with Gasteiger partial charge in [0.05, 0.1) is 31.3 Å². The number of benzene rings is 3. The number of ether oxygens (including phenoxy) is 2. The van der Waals surface area contributed by atoms with Crippen molar-refractivity contribution in [1.82, 2.24) is 0 Å². The van der Waals surface area contributed by atoms with Crippen molar-refractivity contribution in [2.45, 2.75) is 44.2 Å². The molecule has 4 N–H and O–H groups in total. The van der Waals surface area contributed by atoms with Crippen molar-refractivity contribution in [1.29, 1.82) is 0 Å². The third kappa shape index (κ3) is 4.15. The largest absolute Gasteiger partial charge is 0.481 e. The normalized spacial score (nSPS) is 26.3. The Balaban J connectivity index is 1.84. The number of carboxylic acid groups (broad SMARTS) is 1. The number of para-hydroxylation sites is 1. The zero-order chi connectivity index (χ0) is 27.9. The van der Waals surface area contributed by atoms with E-state index < -0.39 is 47.1 Å². The molecule has 0 aromatic heterocycles. The van der Waals surface area contributed by atoms with Gasteiger partial charge in [-0.25, -0.2) is 0 Å². The molecule has 8 nitrogen and oxygen atoms in total. The molecule has 8 heteroatoms. The van der Waals surface area contributed by atoms with E-state index in [9.17, 15) is 24.9 Å². The minimum atomic E-state index is -1.58. The van der Waals surface area contributed by atoms with Gasteiger partial charge >= 0.3 is 5.97 Å². The fourth-order valence-corrected chi connectivity index (χ4v) is 6.26. The van der Waals surface area contributed by atoms with E-state index in [1.54, 1.807) is 50.2 Å².